The summed E-state index contributed by atoms with van der Waals surface area (Å²) in [6, 6.07) is 7.11. The Balaban J connectivity index is 2.31. The fourth-order valence-electron chi connectivity index (χ4n) is 2.20. The molecular formula is C14H12Cl2N4O. The summed E-state index contributed by atoms with van der Waals surface area (Å²) in [5.41, 5.74) is 1.56. The number of rotatable bonds is 3. The minimum atomic E-state index is 0.384. The molecule has 0 fully saturated rings. The highest BCUT2D eigenvalue weighted by Crippen LogP contribution is 2.31. The predicted octanol–water partition coefficient (Wildman–Crippen LogP) is 3.78. The Morgan fingerprint density at radius 3 is 2.76 bits per heavy atom. The SMILES string of the molecule is CNc1nc(Cl)cc2c1cnn2-c1cc(Cl)ccc1OC. The molecule has 0 amide bonds. The first-order valence-corrected chi connectivity index (χ1v) is 6.95. The molecule has 0 unspecified atom stereocenters. The maximum atomic E-state index is 6.08. The summed E-state index contributed by atoms with van der Waals surface area (Å²) in [5, 5.41) is 9.26. The minimum absolute atomic E-state index is 0.384. The number of anilines is 1. The van der Waals surface area contributed by atoms with Gasteiger partial charge in [0.05, 0.1) is 24.2 Å². The summed E-state index contributed by atoms with van der Waals surface area (Å²) in [5.74, 6) is 1.34. The predicted molar refractivity (Wildman–Crippen MR) is 85.0 cm³/mol. The molecular weight excluding hydrogens is 311 g/mol. The second-order valence-electron chi connectivity index (χ2n) is 4.35. The van der Waals surface area contributed by atoms with E-state index in [1.165, 1.54) is 0 Å². The van der Waals surface area contributed by atoms with E-state index in [1.54, 1.807) is 49.3 Å². The molecule has 3 rings (SSSR count). The van der Waals surface area contributed by atoms with Gasteiger partial charge in [-0.15, -0.1) is 0 Å². The third-order valence-corrected chi connectivity index (χ3v) is 3.57. The first-order chi connectivity index (χ1) is 10.1. The Hall–Kier alpha value is -1.98. The van der Waals surface area contributed by atoms with Crippen molar-refractivity contribution in [2.45, 2.75) is 0 Å². The van der Waals surface area contributed by atoms with Gasteiger partial charge in [0, 0.05) is 18.1 Å². The fourth-order valence-corrected chi connectivity index (χ4v) is 2.56. The molecule has 0 aliphatic carbocycles. The number of nitrogens with zero attached hydrogens (tertiary/aromatic N) is 3. The van der Waals surface area contributed by atoms with Crippen LogP contribution >= 0.6 is 23.2 Å². The van der Waals surface area contributed by atoms with Crippen molar-refractivity contribution in [2.24, 2.45) is 0 Å². The average Bonchev–Trinajstić information content (AvgIpc) is 2.89. The molecule has 1 aromatic carbocycles. The Labute approximate surface area is 131 Å². The highest BCUT2D eigenvalue weighted by molar-refractivity contribution is 6.31. The second-order valence-corrected chi connectivity index (χ2v) is 5.17. The van der Waals surface area contributed by atoms with Gasteiger partial charge >= 0.3 is 0 Å². The normalized spacial score (nSPS) is 10.9. The van der Waals surface area contributed by atoms with Gasteiger partial charge in [0.2, 0.25) is 0 Å². The third kappa shape index (κ3) is 2.39. The van der Waals surface area contributed by atoms with Gasteiger partial charge in [-0.25, -0.2) is 9.67 Å². The lowest BCUT2D eigenvalue weighted by molar-refractivity contribution is 0.412. The lowest BCUT2D eigenvalue weighted by atomic mass is 10.2. The van der Waals surface area contributed by atoms with E-state index >= 15 is 0 Å². The molecule has 2 heterocycles. The zero-order valence-corrected chi connectivity index (χ0v) is 12.9. The van der Waals surface area contributed by atoms with Crippen molar-refractivity contribution in [2.75, 3.05) is 19.5 Å². The number of hydrogen-bond donors (Lipinski definition) is 1. The summed E-state index contributed by atoms with van der Waals surface area (Å²) in [7, 11) is 3.39. The summed E-state index contributed by atoms with van der Waals surface area (Å²) < 4.78 is 7.11. The Morgan fingerprint density at radius 1 is 1.24 bits per heavy atom. The number of fused-ring (bicyclic) bond motifs is 1. The number of methoxy groups -OCH3 is 1. The molecule has 1 N–H and O–H groups in total. The highest BCUT2D eigenvalue weighted by Gasteiger charge is 2.14. The van der Waals surface area contributed by atoms with Gasteiger partial charge in [0.25, 0.3) is 0 Å². The van der Waals surface area contributed by atoms with Crippen molar-refractivity contribution in [3.63, 3.8) is 0 Å². The van der Waals surface area contributed by atoms with Gasteiger partial charge in [0.15, 0.2) is 0 Å². The lowest BCUT2D eigenvalue weighted by Crippen LogP contribution is -2.00. The monoisotopic (exact) mass is 322 g/mol. The van der Waals surface area contributed by atoms with Gasteiger partial charge in [0.1, 0.15) is 22.4 Å². The van der Waals surface area contributed by atoms with Crippen LogP contribution in [0.4, 0.5) is 5.82 Å². The molecule has 2 aromatic heterocycles. The molecule has 3 aromatic rings. The van der Waals surface area contributed by atoms with E-state index in [4.69, 9.17) is 27.9 Å². The van der Waals surface area contributed by atoms with Crippen molar-refractivity contribution in [3.05, 3.63) is 40.6 Å². The van der Waals surface area contributed by atoms with E-state index < -0.39 is 0 Å². The lowest BCUT2D eigenvalue weighted by Gasteiger charge is -2.10. The molecule has 108 valence electrons. The van der Waals surface area contributed by atoms with Crippen LogP contribution in [0.25, 0.3) is 16.6 Å². The molecule has 0 aliphatic rings. The van der Waals surface area contributed by atoms with Gasteiger partial charge < -0.3 is 10.1 Å². The van der Waals surface area contributed by atoms with Crippen LogP contribution < -0.4 is 10.1 Å². The van der Waals surface area contributed by atoms with Gasteiger partial charge in [-0.3, -0.25) is 0 Å². The molecule has 0 saturated carbocycles. The van der Waals surface area contributed by atoms with Crippen molar-refractivity contribution in [3.8, 4) is 11.4 Å². The molecule has 0 saturated heterocycles. The molecule has 0 aliphatic heterocycles. The molecule has 5 nitrogen and oxygen atoms in total. The van der Waals surface area contributed by atoms with Crippen molar-refractivity contribution < 1.29 is 4.74 Å². The van der Waals surface area contributed by atoms with Crippen molar-refractivity contribution in [1.29, 1.82) is 0 Å². The van der Waals surface area contributed by atoms with E-state index in [-0.39, 0.29) is 0 Å². The van der Waals surface area contributed by atoms with E-state index in [1.807, 2.05) is 0 Å². The van der Waals surface area contributed by atoms with Crippen LogP contribution in [0.15, 0.2) is 30.5 Å². The fraction of sp³-hybridized carbons (Fsp3) is 0.143. The number of pyridine rings is 1. The first kappa shape index (κ1) is 14.0. The highest BCUT2D eigenvalue weighted by atomic mass is 35.5. The van der Waals surface area contributed by atoms with Crippen molar-refractivity contribution >= 4 is 39.9 Å². The minimum Gasteiger partial charge on any atom is -0.494 e. The topological polar surface area (TPSA) is 52.0 Å². The molecule has 21 heavy (non-hydrogen) atoms. The summed E-state index contributed by atoms with van der Waals surface area (Å²) in [4.78, 5) is 4.23. The van der Waals surface area contributed by atoms with Crippen LogP contribution in [0.3, 0.4) is 0 Å². The van der Waals surface area contributed by atoms with Crippen LogP contribution in [0, 0.1) is 0 Å². The van der Waals surface area contributed by atoms with E-state index in [0.717, 1.165) is 16.6 Å². The summed E-state index contributed by atoms with van der Waals surface area (Å²) in [6.07, 6.45) is 1.73. The summed E-state index contributed by atoms with van der Waals surface area (Å²) >= 11 is 12.2. The first-order valence-electron chi connectivity index (χ1n) is 6.20. The molecule has 7 heteroatoms. The third-order valence-electron chi connectivity index (χ3n) is 3.14. The van der Waals surface area contributed by atoms with E-state index in [0.29, 0.717) is 21.7 Å². The molecule has 0 bridgehead atoms. The van der Waals surface area contributed by atoms with Crippen LogP contribution in [0.2, 0.25) is 10.2 Å². The number of aromatic nitrogens is 3. The quantitative estimate of drug-likeness (QED) is 0.745. The Kier molecular flexibility index (Phi) is 3.61. The van der Waals surface area contributed by atoms with Gasteiger partial charge in [-0.05, 0) is 18.2 Å². The van der Waals surface area contributed by atoms with Crippen LogP contribution in [0.5, 0.6) is 5.75 Å². The molecule has 0 radical (unpaired) electrons. The second kappa shape index (κ2) is 5.42. The van der Waals surface area contributed by atoms with E-state index in [9.17, 15) is 0 Å². The molecule has 0 spiro atoms. The van der Waals surface area contributed by atoms with Crippen molar-refractivity contribution in [1.82, 2.24) is 14.8 Å². The van der Waals surface area contributed by atoms with Crippen LogP contribution in [0.1, 0.15) is 0 Å². The maximum absolute atomic E-state index is 6.08. The number of hydrogen-bond acceptors (Lipinski definition) is 4. The van der Waals surface area contributed by atoms with Crippen LogP contribution in [-0.4, -0.2) is 28.9 Å². The average molecular weight is 323 g/mol. The van der Waals surface area contributed by atoms with Gasteiger partial charge in [-0.2, -0.15) is 5.10 Å². The standard InChI is InChI=1S/C14H12Cl2N4O/c1-17-14-9-7-18-20(10(9)6-13(16)19-14)11-5-8(15)3-4-12(11)21-2/h3-7H,1-2H3,(H,17,19). The number of ether oxygens (including phenoxy) is 1. The Bertz CT molecular complexity index is 816. The zero-order chi connectivity index (χ0) is 15.0. The maximum Gasteiger partial charge on any atom is 0.144 e. The molecule has 0 atom stereocenters. The smallest absolute Gasteiger partial charge is 0.144 e. The summed E-state index contributed by atoms with van der Waals surface area (Å²) in [6.45, 7) is 0. The van der Waals surface area contributed by atoms with Crippen LogP contribution in [-0.2, 0) is 0 Å². The number of benzene rings is 1. The number of halogens is 2. The number of nitrogens with one attached hydrogen (secondary N) is 1. The van der Waals surface area contributed by atoms with E-state index in [2.05, 4.69) is 15.4 Å². The largest absolute Gasteiger partial charge is 0.494 e. The van der Waals surface area contributed by atoms with Gasteiger partial charge in [-0.1, -0.05) is 23.2 Å². The Morgan fingerprint density at radius 2 is 2.05 bits per heavy atom. The zero-order valence-electron chi connectivity index (χ0n) is 11.4.